The van der Waals surface area contributed by atoms with E-state index in [1.165, 1.54) is 12.0 Å². The van der Waals surface area contributed by atoms with E-state index >= 15 is 0 Å². The van der Waals surface area contributed by atoms with Gasteiger partial charge in [0.05, 0.1) is 17.2 Å². The van der Waals surface area contributed by atoms with Crippen molar-refractivity contribution in [3.05, 3.63) is 85.2 Å². The number of fused-ring (bicyclic) bond motifs is 1. The summed E-state index contributed by atoms with van der Waals surface area (Å²) in [6.07, 6.45) is -0.650. The lowest BCUT2D eigenvalue weighted by molar-refractivity contribution is 0.0740. The number of anilines is 1. The molecule has 2 N–H and O–H groups in total. The topological polar surface area (TPSA) is 91.5 Å². The van der Waals surface area contributed by atoms with E-state index in [1.54, 1.807) is 36.4 Å². The van der Waals surface area contributed by atoms with Gasteiger partial charge in [0.15, 0.2) is 0 Å². The minimum atomic E-state index is -3.88. The van der Waals surface area contributed by atoms with Gasteiger partial charge in [0, 0.05) is 28.6 Å². The van der Waals surface area contributed by atoms with Crippen LogP contribution in [-0.2, 0) is 23.2 Å². The normalized spacial score (nSPS) is 12.9. The van der Waals surface area contributed by atoms with Crippen molar-refractivity contribution >= 4 is 64.3 Å². The molecule has 0 spiro atoms. The quantitative estimate of drug-likeness (QED) is 0.342. The SMILES string of the molecule is COC(=O)Nc1ccc2c(c1)CN(C(=O)c1c(Sc3c(Cl)cccc3Cl)cc(C(F)(F)Cl)[nH]c1=O)C2. The van der Waals surface area contributed by atoms with Crippen LogP contribution in [0, 0.1) is 0 Å². The Kier molecular flexibility index (Phi) is 7.51. The van der Waals surface area contributed by atoms with Gasteiger partial charge in [-0.25, -0.2) is 4.79 Å². The minimum Gasteiger partial charge on any atom is -0.453 e. The highest BCUT2D eigenvalue weighted by Crippen LogP contribution is 2.41. The molecular weight excluding hydrogens is 559 g/mol. The van der Waals surface area contributed by atoms with Gasteiger partial charge in [-0.3, -0.25) is 14.9 Å². The summed E-state index contributed by atoms with van der Waals surface area (Å²) in [5.74, 6) is -0.690. The molecule has 2 amide bonds. The lowest BCUT2D eigenvalue weighted by Crippen LogP contribution is -2.32. The number of hydrogen-bond acceptors (Lipinski definition) is 5. The Balaban J connectivity index is 1.71. The van der Waals surface area contributed by atoms with Crippen molar-refractivity contribution in [2.24, 2.45) is 0 Å². The third-order valence-electron chi connectivity index (χ3n) is 5.29. The maximum atomic E-state index is 13.9. The van der Waals surface area contributed by atoms with Gasteiger partial charge in [0.25, 0.3) is 11.5 Å². The number of H-pyrrole nitrogens is 1. The number of nitrogens with zero attached hydrogens (tertiary/aromatic N) is 1. The van der Waals surface area contributed by atoms with E-state index in [2.05, 4.69) is 10.1 Å². The average molecular weight is 575 g/mol. The van der Waals surface area contributed by atoms with Gasteiger partial charge in [-0.15, -0.1) is 0 Å². The smallest absolute Gasteiger partial charge is 0.411 e. The largest absolute Gasteiger partial charge is 0.453 e. The lowest BCUT2D eigenvalue weighted by atomic mass is 10.1. The van der Waals surface area contributed by atoms with Crippen molar-refractivity contribution in [2.45, 2.75) is 28.3 Å². The fourth-order valence-corrected chi connectivity index (χ4v) is 5.35. The molecule has 3 aromatic rings. The van der Waals surface area contributed by atoms with E-state index in [1.807, 2.05) is 4.98 Å². The summed E-state index contributed by atoms with van der Waals surface area (Å²) < 4.78 is 32.3. The molecule has 7 nitrogen and oxygen atoms in total. The fraction of sp³-hybridized carbons (Fsp3) is 0.174. The summed E-state index contributed by atoms with van der Waals surface area (Å²) in [7, 11) is 1.23. The fourth-order valence-electron chi connectivity index (χ4n) is 3.60. The Morgan fingerprint density at radius 1 is 1.11 bits per heavy atom. The number of alkyl halides is 3. The highest BCUT2D eigenvalue weighted by Gasteiger charge is 2.34. The first-order valence-corrected chi connectivity index (χ1v) is 12.2. The van der Waals surface area contributed by atoms with Gasteiger partial charge in [-0.2, -0.15) is 8.78 Å². The summed E-state index contributed by atoms with van der Waals surface area (Å²) in [6, 6.07) is 10.7. The average Bonchev–Trinajstić information content (AvgIpc) is 3.23. The second-order valence-corrected chi connectivity index (χ2v) is 10.0. The molecule has 2 heterocycles. The molecular formula is C23H16Cl3F2N3O4S. The Bertz CT molecular complexity index is 1410. The summed E-state index contributed by atoms with van der Waals surface area (Å²) in [5.41, 5.74) is -0.275. The van der Waals surface area contributed by atoms with Crippen LogP contribution in [0.2, 0.25) is 10.0 Å². The van der Waals surface area contributed by atoms with Crippen LogP contribution in [0.1, 0.15) is 27.2 Å². The predicted molar refractivity (Wildman–Crippen MR) is 133 cm³/mol. The molecule has 188 valence electrons. The molecule has 0 fully saturated rings. The molecule has 1 aromatic heterocycles. The number of methoxy groups -OCH3 is 1. The molecule has 2 aromatic carbocycles. The van der Waals surface area contributed by atoms with Gasteiger partial charge in [0.1, 0.15) is 11.3 Å². The number of carbonyl (C=O) groups excluding carboxylic acids is 2. The minimum absolute atomic E-state index is 0.0851. The standard InChI is InChI=1S/C23H16Cl3F2N3O4S/c1-35-22(34)29-13-6-5-11-9-31(10-12(11)7-13)21(33)18-16(8-17(23(26,27)28)30-20(18)32)36-19-14(24)3-2-4-15(19)25/h2-8H,9-10H2,1H3,(H,29,34)(H,30,32). The van der Waals surface area contributed by atoms with Gasteiger partial charge in [-0.1, -0.05) is 47.1 Å². The third kappa shape index (κ3) is 5.46. The number of ether oxygens (including phenoxy) is 1. The molecule has 0 saturated heterocycles. The lowest BCUT2D eigenvalue weighted by Gasteiger charge is -2.19. The first-order chi connectivity index (χ1) is 17.0. The summed E-state index contributed by atoms with van der Waals surface area (Å²) in [5, 5.41) is -0.915. The first kappa shape index (κ1) is 26.3. The van der Waals surface area contributed by atoms with Crippen LogP contribution < -0.4 is 10.9 Å². The Morgan fingerprint density at radius 3 is 2.42 bits per heavy atom. The number of pyridine rings is 1. The Morgan fingerprint density at radius 2 is 1.78 bits per heavy atom. The van der Waals surface area contributed by atoms with Gasteiger partial charge < -0.3 is 14.6 Å². The Labute approximate surface area is 222 Å². The number of carbonyl (C=O) groups is 2. The van der Waals surface area contributed by atoms with E-state index < -0.39 is 28.6 Å². The van der Waals surface area contributed by atoms with E-state index in [9.17, 15) is 23.2 Å². The number of aromatic nitrogens is 1. The Hall–Kier alpha value is -2.79. The molecule has 36 heavy (non-hydrogen) atoms. The van der Waals surface area contributed by atoms with Gasteiger partial charge in [0.2, 0.25) is 0 Å². The van der Waals surface area contributed by atoms with E-state index in [4.69, 9.17) is 34.8 Å². The van der Waals surface area contributed by atoms with Gasteiger partial charge in [-0.05, 0) is 53.1 Å². The van der Waals surface area contributed by atoms with Gasteiger partial charge >= 0.3 is 11.5 Å². The number of benzene rings is 2. The van der Waals surface area contributed by atoms with Crippen LogP contribution in [0.5, 0.6) is 0 Å². The first-order valence-electron chi connectivity index (χ1n) is 10.2. The van der Waals surface area contributed by atoms with Crippen molar-refractivity contribution in [1.29, 1.82) is 0 Å². The molecule has 0 atom stereocenters. The zero-order chi connectivity index (χ0) is 26.2. The van der Waals surface area contributed by atoms with Crippen LogP contribution in [0.4, 0.5) is 19.3 Å². The highest BCUT2D eigenvalue weighted by atomic mass is 35.5. The number of amides is 2. The van der Waals surface area contributed by atoms with Crippen LogP contribution in [0.15, 0.2) is 57.1 Å². The summed E-state index contributed by atoms with van der Waals surface area (Å²) >= 11 is 18.4. The van der Waals surface area contributed by atoms with Crippen molar-refractivity contribution in [3.63, 3.8) is 0 Å². The predicted octanol–water partition coefficient (Wildman–Crippen LogP) is 6.46. The monoisotopic (exact) mass is 573 g/mol. The second-order valence-electron chi connectivity index (χ2n) is 7.66. The molecule has 1 aliphatic rings. The molecule has 0 radical (unpaired) electrons. The van der Waals surface area contributed by atoms with Crippen molar-refractivity contribution in [2.75, 3.05) is 12.4 Å². The summed E-state index contributed by atoms with van der Waals surface area (Å²) in [4.78, 5) is 41.5. The molecule has 1 aliphatic heterocycles. The highest BCUT2D eigenvalue weighted by molar-refractivity contribution is 7.99. The zero-order valence-electron chi connectivity index (χ0n) is 18.3. The molecule has 0 unspecified atom stereocenters. The molecule has 13 heteroatoms. The molecule has 0 saturated carbocycles. The number of nitrogens with one attached hydrogen (secondary N) is 2. The maximum Gasteiger partial charge on any atom is 0.411 e. The van der Waals surface area contributed by atoms with Crippen LogP contribution in [0.3, 0.4) is 0 Å². The third-order valence-corrected chi connectivity index (χ3v) is 7.54. The number of aromatic amines is 1. The van der Waals surface area contributed by atoms with Crippen molar-refractivity contribution in [3.8, 4) is 0 Å². The maximum absolute atomic E-state index is 13.9. The zero-order valence-corrected chi connectivity index (χ0v) is 21.4. The number of hydrogen-bond donors (Lipinski definition) is 2. The van der Waals surface area contributed by atoms with E-state index in [0.717, 1.165) is 29.0 Å². The van der Waals surface area contributed by atoms with Crippen LogP contribution >= 0.6 is 46.6 Å². The number of halogens is 5. The molecule has 0 bridgehead atoms. The van der Waals surface area contributed by atoms with Crippen LogP contribution in [-0.4, -0.2) is 29.0 Å². The van der Waals surface area contributed by atoms with Crippen molar-refractivity contribution in [1.82, 2.24) is 9.88 Å². The molecule has 4 rings (SSSR count). The number of rotatable bonds is 5. The van der Waals surface area contributed by atoms with Crippen LogP contribution in [0.25, 0.3) is 0 Å². The van der Waals surface area contributed by atoms with E-state index in [-0.39, 0.29) is 38.5 Å². The molecule has 0 aliphatic carbocycles. The summed E-state index contributed by atoms with van der Waals surface area (Å²) in [6.45, 7) is 0.283. The van der Waals surface area contributed by atoms with E-state index in [0.29, 0.717) is 5.69 Å². The second kappa shape index (κ2) is 10.3. The van der Waals surface area contributed by atoms with Crippen molar-refractivity contribution < 1.29 is 23.1 Å².